The van der Waals surface area contributed by atoms with Gasteiger partial charge in [0.1, 0.15) is 5.75 Å². The fourth-order valence-electron chi connectivity index (χ4n) is 2.87. The number of rotatable bonds is 9. The Morgan fingerprint density at radius 3 is 2.62 bits per heavy atom. The van der Waals surface area contributed by atoms with E-state index in [0.717, 1.165) is 35.1 Å². The average Bonchev–Trinajstić information content (AvgIpc) is 2.70. The summed E-state index contributed by atoms with van der Waals surface area (Å²) in [6.45, 7) is 7.99. The number of amides is 1. The third kappa shape index (κ3) is 7.86. The largest absolute Gasteiger partial charge is 0.496 e. The number of anilines is 1. The predicted molar refractivity (Wildman–Crippen MR) is 119 cm³/mol. The SMILES string of the molecule is CCNC(=NCc1cccc(NC(=O)CC(C)C)c1)NCc1ccccc1OC. The molecule has 0 atom stereocenters. The number of aliphatic imine (C=N–C) groups is 1. The van der Waals surface area contributed by atoms with Gasteiger partial charge in [-0.05, 0) is 36.6 Å². The zero-order valence-electron chi connectivity index (χ0n) is 17.8. The van der Waals surface area contributed by atoms with E-state index in [1.807, 2.05) is 69.3 Å². The van der Waals surface area contributed by atoms with Crippen LogP contribution in [0.25, 0.3) is 0 Å². The highest BCUT2D eigenvalue weighted by Gasteiger charge is 2.06. The summed E-state index contributed by atoms with van der Waals surface area (Å²) >= 11 is 0. The van der Waals surface area contributed by atoms with Crippen LogP contribution in [0.15, 0.2) is 53.5 Å². The summed E-state index contributed by atoms with van der Waals surface area (Å²) in [4.78, 5) is 16.7. The Bertz CT molecular complexity index is 818. The Labute approximate surface area is 173 Å². The van der Waals surface area contributed by atoms with Crippen molar-refractivity contribution in [3.05, 3.63) is 59.7 Å². The van der Waals surface area contributed by atoms with E-state index in [9.17, 15) is 4.79 Å². The summed E-state index contributed by atoms with van der Waals surface area (Å²) in [5.74, 6) is 1.94. The van der Waals surface area contributed by atoms with Gasteiger partial charge in [0.15, 0.2) is 5.96 Å². The van der Waals surface area contributed by atoms with Gasteiger partial charge < -0.3 is 20.7 Å². The first-order valence-electron chi connectivity index (χ1n) is 10.0. The standard InChI is InChI=1S/C23H32N4O2/c1-5-24-23(26-16-19-10-6-7-12-21(19)29-4)25-15-18-9-8-11-20(14-18)27-22(28)13-17(2)3/h6-12,14,17H,5,13,15-16H2,1-4H3,(H,27,28)(H2,24,25,26). The Morgan fingerprint density at radius 2 is 1.90 bits per heavy atom. The van der Waals surface area contributed by atoms with Gasteiger partial charge in [-0.25, -0.2) is 4.99 Å². The second-order valence-corrected chi connectivity index (χ2v) is 7.21. The molecule has 1 amide bonds. The quantitative estimate of drug-likeness (QED) is 0.443. The molecule has 0 saturated carbocycles. The maximum atomic E-state index is 12.0. The van der Waals surface area contributed by atoms with E-state index in [1.165, 1.54) is 0 Å². The number of ether oxygens (including phenoxy) is 1. The average molecular weight is 397 g/mol. The molecule has 0 saturated heterocycles. The smallest absolute Gasteiger partial charge is 0.224 e. The number of hydrogen-bond donors (Lipinski definition) is 3. The molecule has 0 heterocycles. The van der Waals surface area contributed by atoms with Crippen LogP contribution in [0.4, 0.5) is 5.69 Å². The minimum absolute atomic E-state index is 0.0347. The monoisotopic (exact) mass is 396 g/mol. The molecule has 156 valence electrons. The molecule has 0 aliphatic rings. The molecular weight excluding hydrogens is 364 g/mol. The highest BCUT2D eigenvalue weighted by atomic mass is 16.5. The first kappa shape index (κ1) is 22.3. The molecule has 0 bridgehead atoms. The van der Waals surface area contributed by atoms with Crippen LogP contribution in [-0.4, -0.2) is 25.5 Å². The molecule has 2 rings (SSSR count). The van der Waals surface area contributed by atoms with Crippen molar-refractivity contribution < 1.29 is 9.53 Å². The Balaban J connectivity index is 2.00. The summed E-state index contributed by atoms with van der Waals surface area (Å²) < 4.78 is 5.40. The number of methoxy groups -OCH3 is 1. The predicted octanol–water partition coefficient (Wildman–Crippen LogP) is 3.94. The zero-order valence-corrected chi connectivity index (χ0v) is 17.8. The van der Waals surface area contributed by atoms with Gasteiger partial charge >= 0.3 is 0 Å². The molecule has 0 aliphatic carbocycles. The van der Waals surface area contributed by atoms with Crippen LogP contribution in [0.5, 0.6) is 5.75 Å². The molecule has 0 aliphatic heterocycles. The molecular formula is C23H32N4O2. The minimum Gasteiger partial charge on any atom is -0.496 e. The lowest BCUT2D eigenvalue weighted by molar-refractivity contribution is -0.116. The highest BCUT2D eigenvalue weighted by molar-refractivity contribution is 5.90. The van der Waals surface area contributed by atoms with Gasteiger partial charge in [-0.15, -0.1) is 0 Å². The second kappa shape index (κ2) is 11.7. The van der Waals surface area contributed by atoms with E-state index in [1.54, 1.807) is 7.11 Å². The van der Waals surface area contributed by atoms with Crippen LogP contribution in [0.1, 0.15) is 38.3 Å². The van der Waals surface area contributed by atoms with Crippen LogP contribution < -0.4 is 20.7 Å². The van der Waals surface area contributed by atoms with E-state index in [2.05, 4.69) is 20.9 Å². The number of nitrogens with zero attached hydrogens (tertiary/aromatic N) is 1. The number of para-hydroxylation sites is 1. The fourth-order valence-corrected chi connectivity index (χ4v) is 2.87. The molecule has 0 aromatic heterocycles. The highest BCUT2D eigenvalue weighted by Crippen LogP contribution is 2.17. The van der Waals surface area contributed by atoms with Crippen molar-refractivity contribution in [2.24, 2.45) is 10.9 Å². The van der Waals surface area contributed by atoms with Crippen molar-refractivity contribution in [3.63, 3.8) is 0 Å². The molecule has 0 fully saturated rings. The minimum atomic E-state index is 0.0347. The number of guanidine groups is 1. The molecule has 29 heavy (non-hydrogen) atoms. The Morgan fingerprint density at radius 1 is 1.10 bits per heavy atom. The van der Waals surface area contributed by atoms with E-state index < -0.39 is 0 Å². The Hall–Kier alpha value is -3.02. The van der Waals surface area contributed by atoms with E-state index in [-0.39, 0.29) is 5.91 Å². The number of carbonyl (C=O) groups excluding carboxylic acids is 1. The fraction of sp³-hybridized carbons (Fsp3) is 0.391. The molecule has 6 heteroatoms. The molecule has 6 nitrogen and oxygen atoms in total. The van der Waals surface area contributed by atoms with Crippen LogP contribution in [-0.2, 0) is 17.9 Å². The summed E-state index contributed by atoms with van der Waals surface area (Å²) in [6.07, 6.45) is 0.514. The van der Waals surface area contributed by atoms with Crippen molar-refractivity contribution >= 4 is 17.6 Å². The number of hydrogen-bond acceptors (Lipinski definition) is 3. The number of benzene rings is 2. The van der Waals surface area contributed by atoms with Gasteiger partial charge in [-0.1, -0.05) is 44.2 Å². The first-order valence-corrected chi connectivity index (χ1v) is 10.0. The summed E-state index contributed by atoms with van der Waals surface area (Å²) in [6, 6.07) is 15.7. The van der Waals surface area contributed by atoms with Crippen molar-refractivity contribution in [1.82, 2.24) is 10.6 Å². The molecule has 0 spiro atoms. The van der Waals surface area contributed by atoms with Crippen LogP contribution in [0.3, 0.4) is 0 Å². The zero-order chi connectivity index (χ0) is 21.1. The van der Waals surface area contributed by atoms with Gasteiger partial charge in [0.2, 0.25) is 5.91 Å². The van der Waals surface area contributed by atoms with Crippen molar-refractivity contribution in [1.29, 1.82) is 0 Å². The summed E-state index contributed by atoms with van der Waals surface area (Å²) in [5, 5.41) is 9.55. The van der Waals surface area contributed by atoms with E-state index in [4.69, 9.17) is 4.74 Å². The molecule has 0 radical (unpaired) electrons. The number of nitrogens with one attached hydrogen (secondary N) is 3. The maximum absolute atomic E-state index is 12.0. The molecule has 3 N–H and O–H groups in total. The van der Waals surface area contributed by atoms with Gasteiger partial charge in [0.25, 0.3) is 0 Å². The van der Waals surface area contributed by atoms with Gasteiger partial charge in [-0.3, -0.25) is 4.79 Å². The third-order valence-electron chi connectivity index (χ3n) is 4.21. The van der Waals surface area contributed by atoms with E-state index >= 15 is 0 Å². The van der Waals surface area contributed by atoms with Crippen molar-refractivity contribution in [2.75, 3.05) is 19.0 Å². The third-order valence-corrected chi connectivity index (χ3v) is 4.21. The topological polar surface area (TPSA) is 74.8 Å². The van der Waals surface area contributed by atoms with Crippen LogP contribution in [0.2, 0.25) is 0 Å². The first-order chi connectivity index (χ1) is 14.0. The molecule has 0 unspecified atom stereocenters. The lowest BCUT2D eigenvalue weighted by Crippen LogP contribution is -2.36. The molecule has 2 aromatic rings. The summed E-state index contributed by atoms with van der Waals surface area (Å²) in [5.41, 5.74) is 2.90. The van der Waals surface area contributed by atoms with Gasteiger partial charge in [-0.2, -0.15) is 0 Å². The summed E-state index contributed by atoms with van der Waals surface area (Å²) in [7, 11) is 1.67. The number of carbonyl (C=O) groups is 1. The van der Waals surface area contributed by atoms with Crippen LogP contribution >= 0.6 is 0 Å². The molecule has 2 aromatic carbocycles. The second-order valence-electron chi connectivity index (χ2n) is 7.21. The van der Waals surface area contributed by atoms with Gasteiger partial charge in [0, 0.05) is 30.8 Å². The maximum Gasteiger partial charge on any atom is 0.224 e. The normalized spacial score (nSPS) is 11.3. The van der Waals surface area contributed by atoms with Crippen molar-refractivity contribution in [2.45, 2.75) is 40.3 Å². The lowest BCUT2D eigenvalue weighted by atomic mass is 10.1. The van der Waals surface area contributed by atoms with Gasteiger partial charge in [0.05, 0.1) is 13.7 Å². The Kier molecular flexibility index (Phi) is 9.02. The van der Waals surface area contributed by atoms with Crippen molar-refractivity contribution in [3.8, 4) is 5.75 Å². The van der Waals surface area contributed by atoms with Crippen LogP contribution in [0, 0.1) is 5.92 Å². The van der Waals surface area contributed by atoms with E-state index in [0.29, 0.717) is 25.4 Å². The lowest BCUT2D eigenvalue weighted by Gasteiger charge is -2.13.